The van der Waals surface area contributed by atoms with Crippen molar-refractivity contribution in [1.82, 2.24) is 0 Å². The van der Waals surface area contributed by atoms with Gasteiger partial charge in [0.1, 0.15) is 17.9 Å². The second-order valence-electron chi connectivity index (χ2n) is 2.58. The summed E-state index contributed by atoms with van der Waals surface area (Å²) in [4.78, 5) is 10.5. The molecule has 0 saturated heterocycles. The van der Waals surface area contributed by atoms with E-state index in [1.165, 1.54) is 6.07 Å². The van der Waals surface area contributed by atoms with Crippen molar-refractivity contribution in [2.75, 3.05) is 0 Å². The number of halogens is 2. The standard InChI is InChI=1S/C7H7Br2NO4/c8-2-1-3(14-6(2)9)5(11)4(10)7(12)13/h1,4-5,11H,10H2,(H,12,13). The highest BCUT2D eigenvalue weighted by Crippen LogP contribution is 2.30. The molecule has 2 unspecified atom stereocenters. The minimum absolute atomic E-state index is 0.0960. The van der Waals surface area contributed by atoms with Gasteiger partial charge in [-0.2, -0.15) is 0 Å². The van der Waals surface area contributed by atoms with Gasteiger partial charge in [-0.3, -0.25) is 4.79 Å². The second-order valence-corrected chi connectivity index (χ2v) is 4.15. The van der Waals surface area contributed by atoms with Crippen molar-refractivity contribution in [2.45, 2.75) is 12.1 Å². The number of carbonyl (C=O) groups is 1. The Morgan fingerprint density at radius 1 is 1.57 bits per heavy atom. The van der Waals surface area contributed by atoms with Gasteiger partial charge in [0.15, 0.2) is 4.67 Å². The highest BCUT2D eigenvalue weighted by atomic mass is 79.9. The molecule has 7 heteroatoms. The number of hydrogen-bond donors (Lipinski definition) is 3. The molecule has 0 bridgehead atoms. The number of carboxylic acid groups (broad SMARTS) is 1. The third kappa shape index (κ3) is 2.35. The molecule has 0 radical (unpaired) electrons. The smallest absolute Gasteiger partial charge is 0.323 e. The lowest BCUT2D eigenvalue weighted by molar-refractivity contribution is -0.141. The molecule has 1 rings (SSSR count). The normalized spacial score (nSPS) is 15.1. The average molecular weight is 329 g/mol. The molecule has 14 heavy (non-hydrogen) atoms. The van der Waals surface area contributed by atoms with Gasteiger partial charge in [-0.25, -0.2) is 0 Å². The average Bonchev–Trinajstić information content (AvgIpc) is 2.44. The summed E-state index contributed by atoms with van der Waals surface area (Å²) in [7, 11) is 0. The van der Waals surface area contributed by atoms with Crippen LogP contribution in [0.15, 0.2) is 19.6 Å². The molecule has 0 saturated carbocycles. The Morgan fingerprint density at radius 3 is 2.50 bits per heavy atom. The molecule has 1 aromatic heterocycles. The Kier molecular flexibility index (Phi) is 3.71. The van der Waals surface area contributed by atoms with Crippen LogP contribution < -0.4 is 5.73 Å². The summed E-state index contributed by atoms with van der Waals surface area (Å²) >= 11 is 6.19. The molecule has 0 spiro atoms. The molecule has 0 aliphatic carbocycles. The van der Waals surface area contributed by atoms with Crippen molar-refractivity contribution in [3.05, 3.63) is 21.0 Å². The Hall–Kier alpha value is -0.370. The summed E-state index contributed by atoms with van der Waals surface area (Å²) in [5, 5.41) is 18.0. The molecule has 0 aliphatic rings. The van der Waals surface area contributed by atoms with Gasteiger partial charge in [-0.05, 0) is 37.9 Å². The molecule has 0 fully saturated rings. The highest BCUT2D eigenvalue weighted by molar-refractivity contribution is 9.13. The molecule has 1 aromatic rings. The highest BCUT2D eigenvalue weighted by Gasteiger charge is 2.27. The fraction of sp³-hybridized carbons (Fsp3) is 0.286. The van der Waals surface area contributed by atoms with Crippen LogP contribution in [-0.4, -0.2) is 22.2 Å². The quantitative estimate of drug-likeness (QED) is 0.776. The third-order valence-corrected chi connectivity index (χ3v) is 3.29. The van der Waals surface area contributed by atoms with Gasteiger partial charge in [0, 0.05) is 0 Å². The van der Waals surface area contributed by atoms with E-state index in [4.69, 9.17) is 15.3 Å². The van der Waals surface area contributed by atoms with Crippen molar-refractivity contribution in [3.8, 4) is 0 Å². The van der Waals surface area contributed by atoms with Crippen molar-refractivity contribution >= 4 is 37.8 Å². The zero-order valence-electron chi connectivity index (χ0n) is 6.78. The number of furan rings is 1. The summed E-state index contributed by atoms with van der Waals surface area (Å²) in [5.74, 6) is -1.19. The summed E-state index contributed by atoms with van der Waals surface area (Å²) in [5.41, 5.74) is 5.21. The van der Waals surface area contributed by atoms with E-state index in [0.717, 1.165) is 0 Å². The van der Waals surface area contributed by atoms with Gasteiger partial charge < -0.3 is 20.4 Å². The zero-order chi connectivity index (χ0) is 10.9. The van der Waals surface area contributed by atoms with Gasteiger partial charge in [0.05, 0.1) is 4.47 Å². The van der Waals surface area contributed by atoms with E-state index in [1.807, 2.05) is 0 Å². The SMILES string of the molecule is NC(C(=O)O)C(O)c1cc(Br)c(Br)o1. The predicted molar refractivity (Wildman–Crippen MR) is 54.7 cm³/mol. The zero-order valence-corrected chi connectivity index (χ0v) is 9.95. The van der Waals surface area contributed by atoms with Gasteiger partial charge in [0.25, 0.3) is 0 Å². The van der Waals surface area contributed by atoms with Crippen LogP contribution in [0.3, 0.4) is 0 Å². The van der Waals surface area contributed by atoms with E-state index >= 15 is 0 Å². The van der Waals surface area contributed by atoms with Crippen LogP contribution in [0.2, 0.25) is 0 Å². The van der Waals surface area contributed by atoms with E-state index < -0.39 is 18.1 Å². The molecule has 2 atom stereocenters. The van der Waals surface area contributed by atoms with E-state index in [9.17, 15) is 9.90 Å². The molecule has 0 amide bonds. The molecule has 78 valence electrons. The molecule has 4 N–H and O–H groups in total. The van der Waals surface area contributed by atoms with E-state index in [2.05, 4.69) is 31.9 Å². The molecular formula is C7H7Br2NO4. The molecule has 1 heterocycles. The number of rotatable bonds is 3. The molecule has 0 aromatic carbocycles. The maximum atomic E-state index is 10.5. The predicted octanol–water partition coefficient (Wildman–Crippen LogP) is 1.25. The van der Waals surface area contributed by atoms with E-state index in [0.29, 0.717) is 9.14 Å². The topological polar surface area (TPSA) is 96.7 Å². The first-order valence-corrected chi connectivity index (χ1v) is 5.13. The molecule has 0 aliphatic heterocycles. The lowest BCUT2D eigenvalue weighted by atomic mass is 10.1. The first-order valence-electron chi connectivity index (χ1n) is 3.54. The lowest BCUT2D eigenvalue weighted by Gasteiger charge is -2.11. The number of aliphatic carboxylic acids is 1. The van der Waals surface area contributed by atoms with E-state index in [-0.39, 0.29) is 5.76 Å². The maximum absolute atomic E-state index is 10.5. The number of nitrogens with two attached hydrogens (primary N) is 1. The Bertz CT molecular complexity index is 332. The minimum Gasteiger partial charge on any atom is -0.480 e. The van der Waals surface area contributed by atoms with Crippen LogP contribution in [-0.2, 0) is 4.79 Å². The van der Waals surface area contributed by atoms with Crippen molar-refractivity contribution in [3.63, 3.8) is 0 Å². The fourth-order valence-electron chi connectivity index (χ4n) is 0.821. The minimum atomic E-state index is -1.40. The Balaban J connectivity index is 2.89. The Morgan fingerprint density at radius 2 is 2.14 bits per heavy atom. The van der Waals surface area contributed by atoms with Crippen LogP contribution >= 0.6 is 31.9 Å². The second kappa shape index (κ2) is 4.43. The van der Waals surface area contributed by atoms with Crippen LogP contribution in [0.1, 0.15) is 11.9 Å². The fourth-order valence-corrected chi connectivity index (χ4v) is 1.43. The van der Waals surface area contributed by atoms with Crippen molar-refractivity contribution in [1.29, 1.82) is 0 Å². The largest absolute Gasteiger partial charge is 0.480 e. The van der Waals surface area contributed by atoms with Crippen molar-refractivity contribution < 1.29 is 19.4 Å². The Labute approximate surface area is 96.1 Å². The monoisotopic (exact) mass is 327 g/mol. The summed E-state index contributed by atoms with van der Waals surface area (Å²) < 4.78 is 5.99. The number of aliphatic hydroxyl groups excluding tert-OH is 1. The van der Waals surface area contributed by atoms with Crippen LogP contribution in [0.5, 0.6) is 0 Å². The first-order chi connectivity index (χ1) is 6.43. The summed E-state index contributed by atoms with van der Waals surface area (Å²) in [6.07, 6.45) is -1.37. The summed E-state index contributed by atoms with van der Waals surface area (Å²) in [6, 6.07) is 0.0531. The van der Waals surface area contributed by atoms with Gasteiger partial charge in [0.2, 0.25) is 0 Å². The lowest BCUT2D eigenvalue weighted by Crippen LogP contribution is -2.36. The number of hydrogen-bond acceptors (Lipinski definition) is 4. The van der Waals surface area contributed by atoms with Crippen molar-refractivity contribution in [2.24, 2.45) is 5.73 Å². The first kappa shape index (κ1) is 11.7. The van der Waals surface area contributed by atoms with Crippen LogP contribution in [0.4, 0.5) is 0 Å². The van der Waals surface area contributed by atoms with Gasteiger partial charge in [-0.15, -0.1) is 0 Å². The van der Waals surface area contributed by atoms with E-state index in [1.54, 1.807) is 0 Å². The maximum Gasteiger partial charge on any atom is 0.323 e. The number of aliphatic hydroxyl groups is 1. The summed E-state index contributed by atoms with van der Waals surface area (Å²) in [6.45, 7) is 0. The molecular weight excluding hydrogens is 322 g/mol. The van der Waals surface area contributed by atoms with Gasteiger partial charge in [-0.1, -0.05) is 0 Å². The van der Waals surface area contributed by atoms with Crippen LogP contribution in [0, 0.1) is 0 Å². The van der Waals surface area contributed by atoms with Crippen LogP contribution in [0.25, 0.3) is 0 Å². The number of carboxylic acids is 1. The molecule has 5 nitrogen and oxygen atoms in total. The third-order valence-electron chi connectivity index (χ3n) is 1.58. The van der Waals surface area contributed by atoms with Gasteiger partial charge >= 0.3 is 5.97 Å².